The molecule has 1 aromatic rings. The fraction of sp³-hybridized carbons (Fsp3) is 0.417. The molecule has 0 spiro atoms. The second-order valence-corrected chi connectivity index (χ2v) is 6.21. The molecule has 0 saturated carbocycles. The molecule has 1 amide bonds. The molecule has 1 aliphatic rings. The lowest BCUT2D eigenvalue weighted by Crippen LogP contribution is -2.28. The normalized spacial score (nSPS) is 16.5. The van der Waals surface area contributed by atoms with Crippen molar-refractivity contribution in [1.82, 2.24) is 9.79 Å². The van der Waals surface area contributed by atoms with Gasteiger partial charge in [-0.3, -0.25) is 9.63 Å². The molecule has 0 aromatic heterocycles. The highest BCUT2D eigenvalue weighted by atomic mass is 32.2. The number of hydroxylamine groups is 1. The highest BCUT2D eigenvalue weighted by Crippen LogP contribution is 2.20. The van der Waals surface area contributed by atoms with Crippen molar-refractivity contribution in [3.05, 3.63) is 29.8 Å². The van der Waals surface area contributed by atoms with E-state index < -0.39 is 15.9 Å². The maximum atomic E-state index is 12.2. The van der Waals surface area contributed by atoms with Gasteiger partial charge in [-0.15, -0.1) is 0 Å². The predicted octanol–water partition coefficient (Wildman–Crippen LogP) is 0.762. The van der Waals surface area contributed by atoms with Crippen LogP contribution in [0, 0.1) is 0 Å². The molecule has 104 valence electrons. The predicted molar refractivity (Wildman–Crippen MR) is 68.9 cm³/mol. The number of sulfonamides is 1. The maximum Gasteiger partial charge on any atom is 0.274 e. The Kier molecular flexibility index (Phi) is 4.18. The molecule has 7 heteroatoms. The van der Waals surface area contributed by atoms with Crippen molar-refractivity contribution >= 4 is 15.9 Å². The van der Waals surface area contributed by atoms with Gasteiger partial charge < -0.3 is 0 Å². The third-order valence-electron chi connectivity index (χ3n) is 3.01. The van der Waals surface area contributed by atoms with Crippen LogP contribution in [0.1, 0.15) is 23.2 Å². The summed E-state index contributed by atoms with van der Waals surface area (Å²) in [4.78, 5) is 16.2. The average molecular weight is 284 g/mol. The third kappa shape index (κ3) is 2.94. The Labute approximate surface area is 112 Å². The van der Waals surface area contributed by atoms with E-state index in [0.29, 0.717) is 18.7 Å². The Morgan fingerprint density at radius 2 is 1.79 bits per heavy atom. The van der Waals surface area contributed by atoms with E-state index in [1.807, 2.05) is 0 Å². The van der Waals surface area contributed by atoms with E-state index >= 15 is 0 Å². The zero-order chi connectivity index (χ0) is 13.9. The molecule has 1 saturated heterocycles. The minimum absolute atomic E-state index is 0.211. The number of nitrogens with one attached hydrogen (secondary N) is 1. The molecular weight excluding hydrogens is 268 g/mol. The first-order chi connectivity index (χ1) is 9.05. The molecule has 0 atom stereocenters. The van der Waals surface area contributed by atoms with Crippen LogP contribution in [0.25, 0.3) is 0 Å². The van der Waals surface area contributed by atoms with Crippen molar-refractivity contribution < 1.29 is 18.0 Å². The first-order valence-corrected chi connectivity index (χ1v) is 7.43. The van der Waals surface area contributed by atoms with E-state index in [2.05, 4.69) is 10.3 Å². The van der Waals surface area contributed by atoms with Crippen LogP contribution in [0.15, 0.2) is 29.2 Å². The molecule has 1 aliphatic heterocycles. The smallest absolute Gasteiger partial charge is 0.274 e. The van der Waals surface area contributed by atoms with Crippen LogP contribution in [0.3, 0.4) is 0 Å². The van der Waals surface area contributed by atoms with E-state index in [-0.39, 0.29) is 4.90 Å². The minimum atomic E-state index is -3.42. The number of hydrogen-bond acceptors (Lipinski definition) is 4. The monoisotopic (exact) mass is 284 g/mol. The highest BCUT2D eigenvalue weighted by Gasteiger charge is 2.27. The van der Waals surface area contributed by atoms with Gasteiger partial charge in [0.25, 0.3) is 5.91 Å². The van der Waals surface area contributed by atoms with Gasteiger partial charge in [-0.05, 0) is 37.1 Å². The number of carbonyl (C=O) groups is 1. The SMILES string of the molecule is CONC(=O)c1ccc(S(=O)(=O)N2CCCC2)cc1. The number of nitrogens with zero attached hydrogens (tertiary/aromatic N) is 1. The Morgan fingerprint density at radius 3 is 2.32 bits per heavy atom. The van der Waals surface area contributed by atoms with Crippen LogP contribution in [-0.2, 0) is 14.9 Å². The van der Waals surface area contributed by atoms with Crippen LogP contribution in [0.4, 0.5) is 0 Å². The first kappa shape index (κ1) is 14.0. The average Bonchev–Trinajstić information content (AvgIpc) is 2.94. The van der Waals surface area contributed by atoms with Gasteiger partial charge >= 0.3 is 0 Å². The van der Waals surface area contributed by atoms with Crippen LogP contribution < -0.4 is 5.48 Å². The maximum absolute atomic E-state index is 12.2. The molecule has 1 N–H and O–H groups in total. The molecule has 6 nitrogen and oxygen atoms in total. The molecule has 0 unspecified atom stereocenters. The Hall–Kier alpha value is -1.44. The summed E-state index contributed by atoms with van der Waals surface area (Å²) >= 11 is 0. The van der Waals surface area contributed by atoms with E-state index in [1.165, 1.54) is 35.7 Å². The molecule has 1 fully saturated rings. The zero-order valence-electron chi connectivity index (χ0n) is 10.6. The molecule has 0 bridgehead atoms. The van der Waals surface area contributed by atoms with Crippen LogP contribution in [0.2, 0.25) is 0 Å². The fourth-order valence-electron chi connectivity index (χ4n) is 2.01. The second kappa shape index (κ2) is 5.68. The summed E-state index contributed by atoms with van der Waals surface area (Å²) in [7, 11) is -2.09. The molecule has 0 aliphatic carbocycles. The van der Waals surface area contributed by atoms with Crippen molar-refractivity contribution in [2.75, 3.05) is 20.2 Å². The number of hydrogen-bond donors (Lipinski definition) is 1. The van der Waals surface area contributed by atoms with Gasteiger partial charge in [0, 0.05) is 18.7 Å². The van der Waals surface area contributed by atoms with Gasteiger partial charge in [0.15, 0.2) is 0 Å². The quantitative estimate of drug-likeness (QED) is 0.828. The van der Waals surface area contributed by atoms with E-state index in [0.717, 1.165) is 12.8 Å². The lowest BCUT2D eigenvalue weighted by molar-refractivity contribution is 0.0537. The fourth-order valence-corrected chi connectivity index (χ4v) is 3.52. The number of rotatable bonds is 4. The molecule has 2 rings (SSSR count). The summed E-state index contributed by atoms with van der Waals surface area (Å²) in [5.41, 5.74) is 2.53. The Balaban J connectivity index is 2.20. The summed E-state index contributed by atoms with van der Waals surface area (Å²) < 4.78 is 26.0. The minimum Gasteiger partial charge on any atom is -0.277 e. The van der Waals surface area contributed by atoms with Gasteiger partial charge in [0.05, 0.1) is 12.0 Å². The highest BCUT2D eigenvalue weighted by molar-refractivity contribution is 7.89. The van der Waals surface area contributed by atoms with Crippen LogP contribution >= 0.6 is 0 Å². The van der Waals surface area contributed by atoms with Crippen LogP contribution in [-0.4, -0.2) is 38.8 Å². The third-order valence-corrected chi connectivity index (χ3v) is 4.93. The lowest BCUT2D eigenvalue weighted by Gasteiger charge is -2.15. The number of benzene rings is 1. The number of amides is 1. The topological polar surface area (TPSA) is 75.7 Å². The van der Waals surface area contributed by atoms with Crippen molar-refractivity contribution in [3.63, 3.8) is 0 Å². The van der Waals surface area contributed by atoms with E-state index in [9.17, 15) is 13.2 Å². The summed E-state index contributed by atoms with van der Waals surface area (Å²) in [5.74, 6) is -0.410. The molecule has 19 heavy (non-hydrogen) atoms. The molecule has 1 heterocycles. The van der Waals surface area contributed by atoms with Gasteiger partial charge in [-0.1, -0.05) is 0 Å². The van der Waals surface area contributed by atoms with Crippen molar-refractivity contribution in [3.8, 4) is 0 Å². The molecule has 1 aromatic carbocycles. The van der Waals surface area contributed by atoms with Crippen LogP contribution in [0.5, 0.6) is 0 Å². The van der Waals surface area contributed by atoms with Crippen molar-refractivity contribution in [1.29, 1.82) is 0 Å². The van der Waals surface area contributed by atoms with E-state index in [1.54, 1.807) is 0 Å². The standard InChI is InChI=1S/C12H16N2O4S/c1-18-13-12(15)10-4-6-11(7-5-10)19(16,17)14-8-2-3-9-14/h4-7H,2-3,8-9H2,1H3,(H,13,15). The largest absolute Gasteiger partial charge is 0.277 e. The molecular formula is C12H16N2O4S. The van der Waals surface area contributed by atoms with Crippen molar-refractivity contribution in [2.24, 2.45) is 0 Å². The van der Waals surface area contributed by atoms with Gasteiger partial charge in [-0.2, -0.15) is 4.31 Å². The van der Waals surface area contributed by atoms with Gasteiger partial charge in [0.2, 0.25) is 10.0 Å². The number of carbonyl (C=O) groups excluding carboxylic acids is 1. The summed E-state index contributed by atoms with van der Waals surface area (Å²) in [6, 6.07) is 5.82. The Morgan fingerprint density at radius 1 is 1.21 bits per heavy atom. The summed E-state index contributed by atoms with van der Waals surface area (Å²) in [5, 5.41) is 0. The van der Waals surface area contributed by atoms with Crippen molar-refractivity contribution in [2.45, 2.75) is 17.7 Å². The summed E-state index contributed by atoms with van der Waals surface area (Å²) in [6.07, 6.45) is 1.79. The van der Waals surface area contributed by atoms with E-state index in [4.69, 9.17) is 0 Å². The lowest BCUT2D eigenvalue weighted by atomic mass is 10.2. The molecule has 0 radical (unpaired) electrons. The first-order valence-electron chi connectivity index (χ1n) is 5.99. The van der Waals surface area contributed by atoms with Gasteiger partial charge in [-0.25, -0.2) is 13.9 Å². The zero-order valence-corrected chi connectivity index (χ0v) is 11.4. The van der Waals surface area contributed by atoms with Gasteiger partial charge in [0.1, 0.15) is 0 Å². The second-order valence-electron chi connectivity index (χ2n) is 4.27. The summed E-state index contributed by atoms with van der Waals surface area (Å²) in [6.45, 7) is 1.13. The Bertz CT molecular complexity index is 548.